The summed E-state index contributed by atoms with van der Waals surface area (Å²) in [5.41, 5.74) is 1.18. The number of nitro benzene ring substituents is 1. The van der Waals surface area contributed by atoms with Crippen LogP contribution in [0.2, 0.25) is 0 Å². The van der Waals surface area contributed by atoms with Gasteiger partial charge in [0.1, 0.15) is 5.69 Å². The highest BCUT2D eigenvalue weighted by atomic mass is 16.6. The number of benzene rings is 1. The SMILES string of the molecule is Cc1cccc(NC2(C)CCOC2)c1[N+](=O)[O-]. The third-order valence-corrected chi connectivity index (χ3v) is 3.08. The molecule has 0 amide bonds. The zero-order chi connectivity index (χ0) is 12.5. The molecule has 1 aliphatic rings. The van der Waals surface area contributed by atoms with E-state index in [1.807, 2.05) is 13.0 Å². The van der Waals surface area contributed by atoms with Crippen molar-refractivity contribution in [2.75, 3.05) is 18.5 Å². The highest BCUT2D eigenvalue weighted by molar-refractivity contribution is 5.66. The summed E-state index contributed by atoms with van der Waals surface area (Å²) < 4.78 is 5.33. The summed E-state index contributed by atoms with van der Waals surface area (Å²) in [5.74, 6) is 0. The van der Waals surface area contributed by atoms with Crippen molar-refractivity contribution in [2.45, 2.75) is 25.8 Å². The van der Waals surface area contributed by atoms with Crippen LogP contribution in [0.15, 0.2) is 18.2 Å². The van der Waals surface area contributed by atoms with E-state index >= 15 is 0 Å². The average molecular weight is 236 g/mol. The summed E-state index contributed by atoms with van der Waals surface area (Å²) in [4.78, 5) is 10.7. The van der Waals surface area contributed by atoms with Gasteiger partial charge in [0.2, 0.25) is 0 Å². The summed E-state index contributed by atoms with van der Waals surface area (Å²) in [6.07, 6.45) is 0.859. The number of anilines is 1. The minimum atomic E-state index is -0.336. The Morgan fingerprint density at radius 2 is 2.29 bits per heavy atom. The van der Waals surface area contributed by atoms with Crippen LogP contribution in [-0.4, -0.2) is 23.7 Å². The smallest absolute Gasteiger partial charge is 0.295 e. The standard InChI is InChI=1S/C12H16N2O3/c1-9-4-3-5-10(11(9)14(15)16)13-12(2)6-7-17-8-12/h3-5,13H,6-8H2,1-2H3. The second kappa shape index (κ2) is 4.33. The molecule has 1 unspecified atom stereocenters. The fourth-order valence-electron chi connectivity index (χ4n) is 2.09. The number of nitrogens with zero attached hydrogens (tertiary/aromatic N) is 1. The van der Waals surface area contributed by atoms with Crippen LogP contribution in [0.4, 0.5) is 11.4 Å². The van der Waals surface area contributed by atoms with Gasteiger partial charge in [0, 0.05) is 12.2 Å². The monoisotopic (exact) mass is 236 g/mol. The summed E-state index contributed by atoms with van der Waals surface area (Å²) >= 11 is 0. The molecular weight excluding hydrogens is 220 g/mol. The summed E-state index contributed by atoms with van der Waals surface area (Å²) in [5, 5.41) is 14.3. The van der Waals surface area contributed by atoms with Crippen LogP contribution in [0.25, 0.3) is 0 Å². The Bertz CT molecular complexity index is 439. The van der Waals surface area contributed by atoms with Gasteiger partial charge in [-0.25, -0.2) is 0 Å². The van der Waals surface area contributed by atoms with E-state index in [1.54, 1.807) is 19.1 Å². The van der Waals surface area contributed by atoms with E-state index in [-0.39, 0.29) is 16.1 Å². The molecule has 17 heavy (non-hydrogen) atoms. The quantitative estimate of drug-likeness (QED) is 0.647. The first-order chi connectivity index (χ1) is 8.02. The second-order valence-electron chi connectivity index (χ2n) is 4.72. The predicted octanol–water partition coefficient (Wildman–Crippen LogP) is 2.49. The van der Waals surface area contributed by atoms with Crippen molar-refractivity contribution < 1.29 is 9.66 Å². The maximum atomic E-state index is 11.1. The van der Waals surface area contributed by atoms with Gasteiger partial charge in [0.25, 0.3) is 5.69 Å². The van der Waals surface area contributed by atoms with E-state index in [4.69, 9.17) is 4.74 Å². The molecule has 0 bridgehead atoms. The molecule has 1 heterocycles. The number of hydrogen-bond donors (Lipinski definition) is 1. The minimum absolute atomic E-state index is 0.153. The lowest BCUT2D eigenvalue weighted by atomic mass is 10.0. The molecule has 5 nitrogen and oxygen atoms in total. The van der Waals surface area contributed by atoms with Crippen molar-refractivity contribution in [1.82, 2.24) is 0 Å². The van der Waals surface area contributed by atoms with Gasteiger partial charge in [0.15, 0.2) is 0 Å². The maximum Gasteiger partial charge on any atom is 0.295 e. The molecule has 0 aliphatic carbocycles. The lowest BCUT2D eigenvalue weighted by Gasteiger charge is -2.25. The first-order valence-corrected chi connectivity index (χ1v) is 5.62. The Hall–Kier alpha value is -1.62. The Morgan fingerprint density at radius 3 is 2.88 bits per heavy atom. The lowest BCUT2D eigenvalue weighted by Crippen LogP contribution is -2.35. The predicted molar refractivity (Wildman–Crippen MR) is 65.3 cm³/mol. The number of nitro groups is 1. The van der Waals surface area contributed by atoms with Gasteiger partial charge in [-0.2, -0.15) is 0 Å². The van der Waals surface area contributed by atoms with E-state index < -0.39 is 0 Å². The van der Waals surface area contributed by atoms with Crippen LogP contribution in [0, 0.1) is 17.0 Å². The van der Waals surface area contributed by atoms with Crippen LogP contribution >= 0.6 is 0 Å². The van der Waals surface area contributed by atoms with Gasteiger partial charge in [-0.1, -0.05) is 12.1 Å². The zero-order valence-corrected chi connectivity index (χ0v) is 10.0. The van der Waals surface area contributed by atoms with Gasteiger partial charge >= 0.3 is 0 Å². The first kappa shape index (κ1) is 11.9. The number of nitrogens with one attached hydrogen (secondary N) is 1. The van der Waals surface area contributed by atoms with E-state index in [1.165, 1.54) is 0 Å². The van der Waals surface area contributed by atoms with Crippen LogP contribution < -0.4 is 5.32 Å². The molecule has 0 radical (unpaired) electrons. The molecule has 0 saturated carbocycles. The molecule has 1 N–H and O–H groups in total. The van der Waals surface area contributed by atoms with Crippen molar-refractivity contribution in [3.05, 3.63) is 33.9 Å². The molecule has 92 valence electrons. The number of aryl methyl sites for hydroxylation is 1. The van der Waals surface area contributed by atoms with Crippen LogP contribution in [-0.2, 0) is 4.74 Å². The van der Waals surface area contributed by atoms with Crippen molar-refractivity contribution in [3.8, 4) is 0 Å². The largest absolute Gasteiger partial charge is 0.379 e. The van der Waals surface area contributed by atoms with E-state index in [2.05, 4.69) is 5.32 Å². The average Bonchev–Trinajstić information content (AvgIpc) is 2.64. The second-order valence-corrected chi connectivity index (χ2v) is 4.72. The Kier molecular flexibility index (Phi) is 3.02. The van der Waals surface area contributed by atoms with Gasteiger partial charge in [-0.3, -0.25) is 10.1 Å². The topological polar surface area (TPSA) is 64.4 Å². The fourth-order valence-corrected chi connectivity index (χ4v) is 2.09. The Labute approximate surface area is 99.9 Å². The van der Waals surface area contributed by atoms with Crippen molar-refractivity contribution in [3.63, 3.8) is 0 Å². The molecule has 1 fully saturated rings. The van der Waals surface area contributed by atoms with Gasteiger partial charge < -0.3 is 10.1 Å². The zero-order valence-electron chi connectivity index (χ0n) is 10.0. The number of hydrogen-bond acceptors (Lipinski definition) is 4. The molecular formula is C12H16N2O3. The number of ether oxygens (including phenoxy) is 1. The highest BCUT2D eigenvalue weighted by Crippen LogP contribution is 2.32. The van der Waals surface area contributed by atoms with Gasteiger partial charge in [-0.05, 0) is 26.3 Å². The van der Waals surface area contributed by atoms with Crippen LogP contribution in [0.5, 0.6) is 0 Å². The summed E-state index contributed by atoms with van der Waals surface area (Å²) in [6.45, 7) is 5.05. The molecule has 5 heteroatoms. The summed E-state index contributed by atoms with van der Waals surface area (Å²) in [6, 6.07) is 5.31. The summed E-state index contributed by atoms with van der Waals surface area (Å²) in [7, 11) is 0. The van der Waals surface area contributed by atoms with Crippen molar-refractivity contribution in [2.24, 2.45) is 0 Å². The van der Waals surface area contributed by atoms with Crippen LogP contribution in [0.1, 0.15) is 18.9 Å². The van der Waals surface area contributed by atoms with Crippen molar-refractivity contribution in [1.29, 1.82) is 0 Å². The normalized spacial score (nSPS) is 23.6. The number of para-hydroxylation sites is 1. The third kappa shape index (κ3) is 2.39. The van der Waals surface area contributed by atoms with Crippen LogP contribution in [0.3, 0.4) is 0 Å². The highest BCUT2D eigenvalue weighted by Gasteiger charge is 2.31. The lowest BCUT2D eigenvalue weighted by molar-refractivity contribution is -0.384. The van der Waals surface area contributed by atoms with Crippen molar-refractivity contribution >= 4 is 11.4 Å². The Balaban J connectivity index is 2.32. The van der Waals surface area contributed by atoms with Gasteiger partial charge in [-0.15, -0.1) is 0 Å². The van der Waals surface area contributed by atoms with E-state index in [0.29, 0.717) is 24.5 Å². The maximum absolute atomic E-state index is 11.1. The van der Waals surface area contributed by atoms with Gasteiger partial charge in [0.05, 0.1) is 17.1 Å². The number of rotatable bonds is 3. The molecule has 0 spiro atoms. The molecule has 1 atom stereocenters. The molecule has 1 aromatic carbocycles. The van der Waals surface area contributed by atoms with E-state index in [0.717, 1.165) is 6.42 Å². The molecule has 1 aromatic rings. The molecule has 2 rings (SSSR count). The van der Waals surface area contributed by atoms with E-state index in [9.17, 15) is 10.1 Å². The fraction of sp³-hybridized carbons (Fsp3) is 0.500. The first-order valence-electron chi connectivity index (χ1n) is 5.62. The Morgan fingerprint density at radius 1 is 1.53 bits per heavy atom. The molecule has 1 saturated heterocycles. The third-order valence-electron chi connectivity index (χ3n) is 3.08. The molecule has 1 aliphatic heterocycles. The minimum Gasteiger partial charge on any atom is -0.379 e. The molecule has 0 aromatic heterocycles.